The maximum atomic E-state index is 13.2. The first-order chi connectivity index (χ1) is 7.20. The number of aldehydes is 1. The van der Waals surface area contributed by atoms with Gasteiger partial charge in [-0.2, -0.15) is 0 Å². The Balaban J connectivity index is 2.49. The van der Waals surface area contributed by atoms with Gasteiger partial charge in [0.2, 0.25) is 0 Å². The van der Waals surface area contributed by atoms with E-state index in [9.17, 15) is 13.6 Å². The van der Waals surface area contributed by atoms with Crippen molar-refractivity contribution in [1.29, 1.82) is 0 Å². The highest BCUT2D eigenvalue weighted by Crippen LogP contribution is 2.23. The van der Waals surface area contributed by atoms with E-state index in [-0.39, 0.29) is 17.0 Å². The molecule has 2 aromatic rings. The Hall–Kier alpha value is -2.04. The third kappa shape index (κ3) is 1.76. The molecular formula is C10H5F2NO2. The van der Waals surface area contributed by atoms with Gasteiger partial charge in [-0.1, -0.05) is 5.16 Å². The third-order valence-corrected chi connectivity index (χ3v) is 1.85. The zero-order valence-corrected chi connectivity index (χ0v) is 7.41. The molecule has 15 heavy (non-hydrogen) atoms. The van der Waals surface area contributed by atoms with E-state index in [0.717, 1.165) is 12.1 Å². The van der Waals surface area contributed by atoms with Gasteiger partial charge in [0.1, 0.15) is 17.3 Å². The standard InChI is InChI=1S/C10H5F2NO2/c11-6-1-2-8(9(12)3-6)10-4-7(5-14)13-15-10/h1-5H. The van der Waals surface area contributed by atoms with Gasteiger partial charge in [-0.15, -0.1) is 0 Å². The minimum Gasteiger partial charge on any atom is -0.355 e. The van der Waals surface area contributed by atoms with Crippen LogP contribution >= 0.6 is 0 Å². The molecule has 0 saturated carbocycles. The predicted octanol–water partition coefficient (Wildman–Crippen LogP) is 2.43. The summed E-state index contributed by atoms with van der Waals surface area (Å²) in [5.74, 6) is -1.34. The van der Waals surface area contributed by atoms with Gasteiger partial charge in [-0.25, -0.2) is 8.78 Å². The fourth-order valence-corrected chi connectivity index (χ4v) is 1.16. The van der Waals surface area contributed by atoms with Crippen LogP contribution in [0.4, 0.5) is 8.78 Å². The molecule has 0 aliphatic rings. The second-order valence-corrected chi connectivity index (χ2v) is 2.86. The smallest absolute Gasteiger partial charge is 0.171 e. The molecule has 0 bridgehead atoms. The van der Waals surface area contributed by atoms with Gasteiger partial charge < -0.3 is 4.52 Å². The molecule has 0 saturated heterocycles. The van der Waals surface area contributed by atoms with Crippen LogP contribution in [-0.2, 0) is 0 Å². The summed E-state index contributed by atoms with van der Waals surface area (Å²) in [6.07, 6.45) is 0.481. The molecule has 0 aliphatic carbocycles. The topological polar surface area (TPSA) is 43.1 Å². The van der Waals surface area contributed by atoms with E-state index in [0.29, 0.717) is 6.29 Å². The number of halogens is 2. The molecule has 1 aromatic carbocycles. The van der Waals surface area contributed by atoms with Crippen LogP contribution in [0.3, 0.4) is 0 Å². The maximum Gasteiger partial charge on any atom is 0.171 e. The van der Waals surface area contributed by atoms with Crippen molar-refractivity contribution in [3.8, 4) is 11.3 Å². The van der Waals surface area contributed by atoms with Crippen LogP contribution in [0.25, 0.3) is 11.3 Å². The van der Waals surface area contributed by atoms with E-state index in [1.54, 1.807) is 0 Å². The summed E-state index contributed by atoms with van der Waals surface area (Å²) in [5.41, 5.74) is 0.130. The number of aromatic nitrogens is 1. The average Bonchev–Trinajstić information content (AvgIpc) is 2.66. The minimum absolute atomic E-state index is 0.0636. The predicted molar refractivity (Wildman–Crippen MR) is 47.2 cm³/mol. The number of hydrogen-bond acceptors (Lipinski definition) is 3. The number of hydrogen-bond donors (Lipinski definition) is 0. The van der Waals surface area contributed by atoms with Crippen LogP contribution in [0.5, 0.6) is 0 Å². The first kappa shape index (κ1) is 9.51. The highest BCUT2D eigenvalue weighted by molar-refractivity contribution is 5.74. The maximum absolute atomic E-state index is 13.2. The summed E-state index contributed by atoms with van der Waals surface area (Å²) < 4.78 is 30.5. The van der Waals surface area contributed by atoms with Crippen LogP contribution in [-0.4, -0.2) is 11.4 Å². The number of carbonyl (C=O) groups excluding carboxylic acids is 1. The van der Waals surface area contributed by atoms with Gasteiger partial charge in [-0.05, 0) is 12.1 Å². The molecule has 0 N–H and O–H groups in total. The van der Waals surface area contributed by atoms with Crippen molar-refractivity contribution >= 4 is 6.29 Å². The number of carbonyl (C=O) groups is 1. The Morgan fingerprint density at radius 1 is 1.27 bits per heavy atom. The summed E-state index contributed by atoms with van der Waals surface area (Å²) in [6, 6.07) is 4.34. The molecule has 5 heteroatoms. The lowest BCUT2D eigenvalue weighted by molar-refractivity contribution is 0.111. The lowest BCUT2D eigenvalue weighted by Gasteiger charge is -1.96. The third-order valence-electron chi connectivity index (χ3n) is 1.85. The zero-order valence-electron chi connectivity index (χ0n) is 7.41. The second kappa shape index (κ2) is 3.61. The number of rotatable bonds is 2. The SMILES string of the molecule is O=Cc1cc(-c2ccc(F)cc2F)on1. The lowest BCUT2D eigenvalue weighted by atomic mass is 10.1. The molecule has 0 aliphatic heterocycles. The molecule has 0 amide bonds. The van der Waals surface area contributed by atoms with Crippen LogP contribution in [0.15, 0.2) is 28.8 Å². The van der Waals surface area contributed by atoms with Gasteiger partial charge in [0.05, 0.1) is 5.56 Å². The summed E-state index contributed by atoms with van der Waals surface area (Å²) in [5, 5.41) is 3.37. The van der Waals surface area contributed by atoms with Gasteiger partial charge in [-0.3, -0.25) is 4.79 Å². The Labute approximate surface area is 83.3 Å². The van der Waals surface area contributed by atoms with E-state index in [1.165, 1.54) is 12.1 Å². The average molecular weight is 209 g/mol. The molecule has 0 radical (unpaired) electrons. The summed E-state index contributed by atoms with van der Waals surface area (Å²) in [6.45, 7) is 0. The molecule has 0 fully saturated rings. The van der Waals surface area contributed by atoms with Crippen molar-refractivity contribution in [2.24, 2.45) is 0 Å². The Bertz CT molecular complexity index is 508. The summed E-state index contributed by atoms with van der Waals surface area (Å²) in [7, 11) is 0. The Kier molecular flexibility index (Phi) is 2.29. The zero-order chi connectivity index (χ0) is 10.8. The highest BCUT2D eigenvalue weighted by Gasteiger charge is 2.11. The largest absolute Gasteiger partial charge is 0.355 e. The molecule has 1 heterocycles. The molecule has 1 aromatic heterocycles. The number of benzene rings is 1. The van der Waals surface area contributed by atoms with Crippen LogP contribution < -0.4 is 0 Å². The Morgan fingerprint density at radius 2 is 2.07 bits per heavy atom. The monoisotopic (exact) mass is 209 g/mol. The fourth-order valence-electron chi connectivity index (χ4n) is 1.16. The Morgan fingerprint density at radius 3 is 2.67 bits per heavy atom. The first-order valence-corrected chi connectivity index (χ1v) is 4.08. The van der Waals surface area contributed by atoms with Crippen molar-refractivity contribution in [2.75, 3.05) is 0 Å². The fraction of sp³-hybridized carbons (Fsp3) is 0. The van der Waals surface area contributed by atoms with Crippen LogP contribution in [0, 0.1) is 11.6 Å². The molecule has 76 valence electrons. The quantitative estimate of drug-likeness (QED) is 0.713. The van der Waals surface area contributed by atoms with E-state index in [1.807, 2.05) is 0 Å². The lowest BCUT2D eigenvalue weighted by Crippen LogP contribution is -1.84. The normalized spacial score (nSPS) is 10.3. The summed E-state index contributed by atoms with van der Waals surface area (Å²) >= 11 is 0. The highest BCUT2D eigenvalue weighted by atomic mass is 19.1. The second-order valence-electron chi connectivity index (χ2n) is 2.86. The molecule has 3 nitrogen and oxygen atoms in total. The van der Waals surface area contributed by atoms with Gasteiger partial charge in [0.25, 0.3) is 0 Å². The van der Waals surface area contributed by atoms with Crippen LogP contribution in [0.1, 0.15) is 10.5 Å². The van der Waals surface area contributed by atoms with Gasteiger partial charge >= 0.3 is 0 Å². The van der Waals surface area contributed by atoms with E-state index >= 15 is 0 Å². The molecule has 0 unspecified atom stereocenters. The van der Waals surface area contributed by atoms with E-state index < -0.39 is 11.6 Å². The van der Waals surface area contributed by atoms with Gasteiger partial charge in [0.15, 0.2) is 12.0 Å². The molecule has 2 rings (SSSR count). The first-order valence-electron chi connectivity index (χ1n) is 4.08. The van der Waals surface area contributed by atoms with Crippen molar-refractivity contribution in [3.05, 3.63) is 41.6 Å². The molecule has 0 atom stereocenters. The van der Waals surface area contributed by atoms with Crippen molar-refractivity contribution in [3.63, 3.8) is 0 Å². The number of nitrogens with zero attached hydrogens (tertiary/aromatic N) is 1. The van der Waals surface area contributed by atoms with Crippen molar-refractivity contribution < 1.29 is 18.1 Å². The summed E-state index contributed by atoms with van der Waals surface area (Å²) in [4.78, 5) is 10.3. The van der Waals surface area contributed by atoms with E-state index in [4.69, 9.17) is 4.52 Å². The molecule has 0 spiro atoms. The van der Waals surface area contributed by atoms with Crippen LogP contribution in [0.2, 0.25) is 0 Å². The van der Waals surface area contributed by atoms with E-state index in [2.05, 4.69) is 5.16 Å². The minimum atomic E-state index is -0.761. The van der Waals surface area contributed by atoms with Crippen molar-refractivity contribution in [2.45, 2.75) is 0 Å². The van der Waals surface area contributed by atoms with Crippen molar-refractivity contribution in [1.82, 2.24) is 5.16 Å². The molecular weight excluding hydrogens is 204 g/mol. The van der Waals surface area contributed by atoms with Gasteiger partial charge in [0, 0.05) is 12.1 Å².